The Balaban J connectivity index is 1.59. The molecule has 0 spiro atoms. The molecule has 5 heteroatoms. The van der Waals surface area contributed by atoms with Crippen LogP contribution in [0.15, 0.2) is 18.2 Å². The summed E-state index contributed by atoms with van der Waals surface area (Å²) in [6.45, 7) is 9.63. The van der Waals surface area contributed by atoms with E-state index in [1.54, 1.807) is 0 Å². The van der Waals surface area contributed by atoms with Gasteiger partial charge in [0.1, 0.15) is 0 Å². The van der Waals surface area contributed by atoms with Crippen LogP contribution in [0, 0.1) is 5.92 Å². The first kappa shape index (κ1) is 18.2. The summed E-state index contributed by atoms with van der Waals surface area (Å²) in [5.74, 6) is 0.645. The minimum Gasteiger partial charge on any atom is -0.379 e. The van der Waals surface area contributed by atoms with Crippen molar-refractivity contribution in [3.8, 4) is 0 Å². The lowest BCUT2D eigenvalue weighted by atomic mass is 9.85. The fraction of sp³-hybridized carbons (Fsp3) is 0.650. The molecular weight excluding hydrogens is 314 g/mol. The van der Waals surface area contributed by atoms with Gasteiger partial charge in [0.15, 0.2) is 0 Å². The number of hydrogen-bond donors (Lipinski definition) is 1. The number of rotatable bonds is 5. The third-order valence-corrected chi connectivity index (χ3v) is 5.65. The Morgan fingerprint density at radius 3 is 2.80 bits per heavy atom. The van der Waals surface area contributed by atoms with Gasteiger partial charge in [-0.05, 0) is 42.5 Å². The monoisotopic (exact) mass is 345 g/mol. The van der Waals surface area contributed by atoms with Crippen molar-refractivity contribution in [1.82, 2.24) is 10.2 Å². The fourth-order valence-electron chi connectivity index (χ4n) is 4.21. The lowest BCUT2D eigenvalue weighted by Crippen LogP contribution is -2.42. The van der Waals surface area contributed by atoms with Crippen LogP contribution in [-0.4, -0.2) is 63.3 Å². The van der Waals surface area contributed by atoms with Crippen LogP contribution in [-0.2, 0) is 11.2 Å². The van der Waals surface area contributed by atoms with Gasteiger partial charge in [-0.1, -0.05) is 13.8 Å². The summed E-state index contributed by atoms with van der Waals surface area (Å²) in [5, 5.41) is 3.06. The van der Waals surface area contributed by atoms with Crippen molar-refractivity contribution in [3.63, 3.8) is 0 Å². The number of morpholine rings is 1. The normalized spacial score (nSPS) is 24.0. The van der Waals surface area contributed by atoms with Crippen molar-refractivity contribution in [2.24, 2.45) is 5.92 Å². The highest BCUT2D eigenvalue weighted by atomic mass is 16.5. The maximum Gasteiger partial charge on any atom is 0.251 e. The summed E-state index contributed by atoms with van der Waals surface area (Å²) in [6, 6.07) is 6.74. The Morgan fingerprint density at radius 2 is 2.08 bits per heavy atom. The Bertz CT molecular complexity index is 599. The minimum absolute atomic E-state index is 0.0315. The average molecular weight is 345 g/mol. The Kier molecular flexibility index (Phi) is 5.97. The molecule has 25 heavy (non-hydrogen) atoms. The molecule has 0 aromatic heterocycles. The van der Waals surface area contributed by atoms with E-state index in [2.05, 4.69) is 48.1 Å². The van der Waals surface area contributed by atoms with E-state index in [0.717, 1.165) is 51.3 Å². The lowest BCUT2D eigenvalue weighted by molar-refractivity contribution is 0.0383. The molecule has 0 saturated carbocycles. The molecule has 0 aliphatic carbocycles. The van der Waals surface area contributed by atoms with Gasteiger partial charge in [0.05, 0.1) is 13.2 Å². The topological polar surface area (TPSA) is 44.8 Å². The summed E-state index contributed by atoms with van der Waals surface area (Å²) in [4.78, 5) is 17.2. The van der Waals surface area contributed by atoms with Gasteiger partial charge in [0, 0.05) is 50.5 Å². The first-order valence-electron chi connectivity index (χ1n) is 9.54. The molecule has 1 aromatic carbocycles. The van der Waals surface area contributed by atoms with Crippen molar-refractivity contribution in [3.05, 3.63) is 29.3 Å². The van der Waals surface area contributed by atoms with Gasteiger partial charge in [-0.25, -0.2) is 0 Å². The first-order valence-corrected chi connectivity index (χ1v) is 9.54. The van der Waals surface area contributed by atoms with Crippen molar-refractivity contribution < 1.29 is 9.53 Å². The van der Waals surface area contributed by atoms with Crippen LogP contribution in [0.4, 0.5) is 5.69 Å². The third-order valence-electron chi connectivity index (χ3n) is 5.65. The number of anilines is 1. The van der Waals surface area contributed by atoms with E-state index in [4.69, 9.17) is 4.74 Å². The number of benzene rings is 1. The molecule has 0 bridgehead atoms. The smallest absolute Gasteiger partial charge is 0.251 e. The summed E-state index contributed by atoms with van der Waals surface area (Å²) in [5.41, 5.74) is 3.34. The van der Waals surface area contributed by atoms with E-state index in [1.807, 2.05) is 6.07 Å². The van der Waals surface area contributed by atoms with Gasteiger partial charge >= 0.3 is 0 Å². The maximum atomic E-state index is 12.5. The Hall–Kier alpha value is -1.59. The second-order valence-electron chi connectivity index (χ2n) is 7.32. The zero-order valence-corrected chi connectivity index (χ0v) is 15.8. The molecule has 2 heterocycles. The first-order chi connectivity index (χ1) is 12.1. The number of nitrogens with one attached hydrogen (secondary N) is 1. The van der Waals surface area contributed by atoms with E-state index in [-0.39, 0.29) is 5.91 Å². The van der Waals surface area contributed by atoms with Gasteiger partial charge in [-0.15, -0.1) is 0 Å². The molecule has 1 saturated heterocycles. The molecule has 5 nitrogen and oxygen atoms in total. The lowest BCUT2D eigenvalue weighted by Gasteiger charge is -2.40. The molecule has 1 aromatic rings. The summed E-state index contributed by atoms with van der Waals surface area (Å²) < 4.78 is 5.35. The van der Waals surface area contributed by atoms with Gasteiger partial charge in [0.2, 0.25) is 0 Å². The molecule has 3 rings (SSSR count). The van der Waals surface area contributed by atoms with Crippen molar-refractivity contribution in [1.29, 1.82) is 0 Å². The van der Waals surface area contributed by atoms with Crippen LogP contribution >= 0.6 is 0 Å². The van der Waals surface area contributed by atoms with E-state index < -0.39 is 0 Å². The van der Waals surface area contributed by atoms with E-state index in [0.29, 0.717) is 18.5 Å². The molecule has 2 aliphatic heterocycles. The van der Waals surface area contributed by atoms with Crippen LogP contribution in [0.3, 0.4) is 0 Å². The van der Waals surface area contributed by atoms with Gasteiger partial charge in [-0.2, -0.15) is 0 Å². The van der Waals surface area contributed by atoms with Crippen molar-refractivity contribution in [2.75, 3.05) is 51.3 Å². The largest absolute Gasteiger partial charge is 0.379 e. The SMILES string of the molecule is CC[C@H]1C(C)Cc2cc(C(=O)NCCN3CCOCC3)ccc2N1C. The highest BCUT2D eigenvalue weighted by molar-refractivity contribution is 5.95. The molecule has 1 fully saturated rings. The molecular formula is C20H31N3O2. The van der Waals surface area contributed by atoms with Gasteiger partial charge in [0.25, 0.3) is 5.91 Å². The predicted octanol–water partition coefficient (Wildman–Crippen LogP) is 2.16. The highest BCUT2D eigenvalue weighted by Crippen LogP contribution is 2.34. The molecule has 1 amide bonds. The molecule has 2 aliphatic rings. The van der Waals surface area contributed by atoms with Crippen LogP contribution in [0.2, 0.25) is 0 Å². The van der Waals surface area contributed by atoms with Crippen molar-refractivity contribution >= 4 is 11.6 Å². The zero-order valence-electron chi connectivity index (χ0n) is 15.8. The van der Waals surface area contributed by atoms with E-state index in [9.17, 15) is 4.79 Å². The summed E-state index contributed by atoms with van der Waals surface area (Å²) in [6.07, 6.45) is 2.20. The quantitative estimate of drug-likeness (QED) is 0.888. The van der Waals surface area contributed by atoms with Crippen molar-refractivity contribution in [2.45, 2.75) is 32.7 Å². The number of carbonyl (C=O) groups is 1. The van der Waals surface area contributed by atoms with Crippen LogP contribution in [0.25, 0.3) is 0 Å². The standard InChI is InChI=1S/C20H31N3O2/c1-4-18-15(2)13-17-14-16(5-6-19(17)22(18)3)20(24)21-7-8-23-9-11-25-12-10-23/h5-6,14-15,18H,4,7-13H2,1-3H3,(H,21,24)/t15?,18-/m0/s1. The number of ether oxygens (including phenoxy) is 1. The van der Waals surface area contributed by atoms with Gasteiger partial charge < -0.3 is 15.0 Å². The van der Waals surface area contributed by atoms with Crippen LogP contribution < -0.4 is 10.2 Å². The minimum atomic E-state index is 0.0315. The Morgan fingerprint density at radius 1 is 1.32 bits per heavy atom. The van der Waals surface area contributed by atoms with Crippen LogP contribution in [0.5, 0.6) is 0 Å². The summed E-state index contributed by atoms with van der Waals surface area (Å²) in [7, 11) is 2.17. The molecule has 138 valence electrons. The molecule has 0 radical (unpaired) electrons. The highest BCUT2D eigenvalue weighted by Gasteiger charge is 2.28. The van der Waals surface area contributed by atoms with Gasteiger partial charge in [-0.3, -0.25) is 9.69 Å². The Labute approximate surface area is 151 Å². The molecule has 2 atom stereocenters. The second kappa shape index (κ2) is 8.19. The molecule has 1 N–H and O–H groups in total. The molecule has 1 unspecified atom stereocenters. The van der Waals surface area contributed by atoms with E-state index in [1.165, 1.54) is 11.3 Å². The number of hydrogen-bond acceptors (Lipinski definition) is 4. The number of fused-ring (bicyclic) bond motifs is 1. The summed E-state index contributed by atoms with van der Waals surface area (Å²) >= 11 is 0. The second-order valence-corrected chi connectivity index (χ2v) is 7.32. The zero-order chi connectivity index (χ0) is 17.8. The average Bonchev–Trinajstić information content (AvgIpc) is 2.62. The third kappa shape index (κ3) is 4.15. The van der Waals surface area contributed by atoms with Crippen LogP contribution in [0.1, 0.15) is 36.2 Å². The van der Waals surface area contributed by atoms with E-state index >= 15 is 0 Å². The number of nitrogens with zero attached hydrogens (tertiary/aromatic N) is 2. The number of amides is 1. The number of carbonyl (C=O) groups excluding carboxylic acids is 1. The maximum absolute atomic E-state index is 12.5. The predicted molar refractivity (Wildman–Crippen MR) is 101 cm³/mol. The fourth-order valence-corrected chi connectivity index (χ4v) is 4.21.